The van der Waals surface area contributed by atoms with Crippen molar-refractivity contribution in [3.05, 3.63) is 68.2 Å². The van der Waals surface area contributed by atoms with Gasteiger partial charge >= 0.3 is 0 Å². The summed E-state index contributed by atoms with van der Waals surface area (Å²) in [6.45, 7) is 3.65. The molecule has 0 heterocycles. The van der Waals surface area contributed by atoms with Gasteiger partial charge in [-0.05, 0) is 48.7 Å². The first kappa shape index (κ1) is 15.2. The Hall–Kier alpha value is -1.16. The van der Waals surface area contributed by atoms with E-state index in [0.717, 1.165) is 23.3 Å². The second-order valence-electron chi connectivity index (χ2n) is 4.72. The molecule has 0 bridgehead atoms. The SMILES string of the molecule is Cc1cc(C(N)c2cc(F)c(Cl)cc2F)c(C)cc1Cl. The summed E-state index contributed by atoms with van der Waals surface area (Å²) in [5, 5.41) is 0.351. The Bertz CT molecular complexity index is 614. The Kier molecular flexibility index (Phi) is 4.33. The van der Waals surface area contributed by atoms with E-state index in [1.165, 1.54) is 0 Å². The molecular weight excluding hydrogens is 303 g/mol. The topological polar surface area (TPSA) is 26.0 Å². The van der Waals surface area contributed by atoms with Gasteiger partial charge in [0, 0.05) is 10.6 Å². The zero-order chi connectivity index (χ0) is 15.0. The molecule has 0 fully saturated rings. The highest BCUT2D eigenvalue weighted by molar-refractivity contribution is 6.31. The summed E-state index contributed by atoms with van der Waals surface area (Å²) in [5.41, 5.74) is 8.48. The Morgan fingerprint density at radius 1 is 0.850 bits per heavy atom. The van der Waals surface area contributed by atoms with Gasteiger partial charge in [0.15, 0.2) is 0 Å². The lowest BCUT2D eigenvalue weighted by molar-refractivity contribution is 0.576. The molecule has 0 aliphatic rings. The van der Waals surface area contributed by atoms with Crippen molar-refractivity contribution in [1.82, 2.24) is 0 Å². The van der Waals surface area contributed by atoms with Gasteiger partial charge in [0.25, 0.3) is 0 Å². The van der Waals surface area contributed by atoms with Crippen molar-refractivity contribution in [1.29, 1.82) is 0 Å². The smallest absolute Gasteiger partial charge is 0.142 e. The van der Waals surface area contributed by atoms with Crippen LogP contribution < -0.4 is 5.73 Å². The summed E-state index contributed by atoms with van der Waals surface area (Å²) >= 11 is 11.6. The van der Waals surface area contributed by atoms with E-state index in [0.29, 0.717) is 10.6 Å². The Morgan fingerprint density at radius 2 is 1.50 bits per heavy atom. The van der Waals surface area contributed by atoms with Crippen LogP contribution in [0.3, 0.4) is 0 Å². The van der Waals surface area contributed by atoms with E-state index in [-0.39, 0.29) is 10.6 Å². The van der Waals surface area contributed by atoms with Crippen molar-refractivity contribution in [2.45, 2.75) is 19.9 Å². The highest BCUT2D eigenvalue weighted by atomic mass is 35.5. The summed E-state index contributed by atoms with van der Waals surface area (Å²) in [6, 6.07) is 4.73. The van der Waals surface area contributed by atoms with Crippen LogP contribution in [-0.2, 0) is 0 Å². The largest absolute Gasteiger partial charge is 0.320 e. The molecule has 0 radical (unpaired) electrons. The van der Waals surface area contributed by atoms with Gasteiger partial charge in [-0.1, -0.05) is 29.3 Å². The van der Waals surface area contributed by atoms with Crippen molar-refractivity contribution >= 4 is 23.2 Å². The van der Waals surface area contributed by atoms with E-state index < -0.39 is 17.7 Å². The van der Waals surface area contributed by atoms with Gasteiger partial charge in [-0.15, -0.1) is 0 Å². The van der Waals surface area contributed by atoms with Crippen LogP contribution in [-0.4, -0.2) is 0 Å². The highest BCUT2D eigenvalue weighted by Gasteiger charge is 2.19. The van der Waals surface area contributed by atoms with Crippen LogP contribution in [0.1, 0.15) is 28.3 Å². The van der Waals surface area contributed by atoms with Gasteiger partial charge in [-0.2, -0.15) is 0 Å². The average Bonchev–Trinajstić information content (AvgIpc) is 2.37. The minimum absolute atomic E-state index is 0.0664. The molecule has 2 aromatic carbocycles. The molecule has 1 unspecified atom stereocenters. The lowest BCUT2D eigenvalue weighted by Gasteiger charge is -2.18. The molecule has 0 aliphatic carbocycles. The summed E-state index contributed by atoms with van der Waals surface area (Å²) < 4.78 is 27.4. The van der Waals surface area contributed by atoms with E-state index in [9.17, 15) is 8.78 Å². The van der Waals surface area contributed by atoms with Gasteiger partial charge < -0.3 is 5.73 Å². The molecule has 106 valence electrons. The third-order valence-electron chi connectivity index (χ3n) is 3.26. The second kappa shape index (κ2) is 5.68. The molecule has 1 atom stereocenters. The van der Waals surface area contributed by atoms with E-state index in [1.807, 2.05) is 13.8 Å². The minimum Gasteiger partial charge on any atom is -0.320 e. The number of aryl methyl sites for hydroxylation is 2. The molecule has 0 spiro atoms. The average molecular weight is 316 g/mol. The predicted octanol–water partition coefficient (Wildman–Crippen LogP) is 4.94. The molecule has 2 N–H and O–H groups in total. The van der Waals surface area contributed by atoms with Crippen LogP contribution in [0, 0.1) is 25.5 Å². The van der Waals surface area contributed by atoms with Crippen molar-refractivity contribution < 1.29 is 8.78 Å². The maximum atomic E-state index is 13.9. The van der Waals surface area contributed by atoms with Crippen molar-refractivity contribution in [3.63, 3.8) is 0 Å². The molecule has 0 saturated heterocycles. The van der Waals surface area contributed by atoms with Crippen molar-refractivity contribution in [2.75, 3.05) is 0 Å². The number of hydrogen-bond acceptors (Lipinski definition) is 1. The normalized spacial score (nSPS) is 12.6. The molecular formula is C15H13Cl2F2N. The lowest BCUT2D eigenvalue weighted by atomic mass is 9.94. The predicted molar refractivity (Wildman–Crippen MR) is 78.3 cm³/mol. The fraction of sp³-hybridized carbons (Fsp3) is 0.200. The first-order valence-electron chi connectivity index (χ1n) is 5.98. The first-order valence-corrected chi connectivity index (χ1v) is 6.73. The highest BCUT2D eigenvalue weighted by Crippen LogP contribution is 2.30. The fourth-order valence-corrected chi connectivity index (χ4v) is 2.45. The lowest BCUT2D eigenvalue weighted by Crippen LogP contribution is -2.15. The number of hydrogen-bond donors (Lipinski definition) is 1. The van der Waals surface area contributed by atoms with E-state index in [2.05, 4.69) is 0 Å². The minimum atomic E-state index is -0.780. The fourth-order valence-electron chi connectivity index (χ4n) is 2.08. The molecule has 0 amide bonds. The summed E-state index contributed by atoms with van der Waals surface area (Å²) in [4.78, 5) is 0. The zero-order valence-corrected chi connectivity index (χ0v) is 12.5. The first-order chi connectivity index (χ1) is 9.31. The van der Waals surface area contributed by atoms with Gasteiger partial charge in [-0.3, -0.25) is 0 Å². The number of benzene rings is 2. The molecule has 2 aromatic rings. The second-order valence-corrected chi connectivity index (χ2v) is 5.54. The number of nitrogens with two attached hydrogens (primary N) is 1. The molecule has 0 aliphatic heterocycles. The van der Waals surface area contributed by atoms with Gasteiger partial charge in [0.1, 0.15) is 11.6 Å². The van der Waals surface area contributed by atoms with Gasteiger partial charge in [0.05, 0.1) is 11.1 Å². The van der Waals surface area contributed by atoms with E-state index >= 15 is 0 Å². The van der Waals surface area contributed by atoms with Crippen LogP contribution >= 0.6 is 23.2 Å². The van der Waals surface area contributed by atoms with Crippen molar-refractivity contribution in [2.24, 2.45) is 5.73 Å². The quantitative estimate of drug-likeness (QED) is 0.781. The molecule has 20 heavy (non-hydrogen) atoms. The zero-order valence-electron chi connectivity index (χ0n) is 11.0. The standard InChI is InChI=1S/C15H13Cl2F2N/c1-7-4-11(16)8(2)3-9(7)15(20)10-5-14(19)12(17)6-13(10)18/h3-6,15H,20H2,1-2H3. The summed E-state index contributed by atoms with van der Waals surface area (Å²) in [5.74, 6) is -1.32. The Labute approximate surface area is 126 Å². The molecule has 1 nitrogen and oxygen atoms in total. The number of rotatable bonds is 2. The van der Waals surface area contributed by atoms with Crippen LogP contribution in [0.25, 0.3) is 0 Å². The maximum absolute atomic E-state index is 13.9. The van der Waals surface area contributed by atoms with Crippen LogP contribution in [0.15, 0.2) is 24.3 Å². The van der Waals surface area contributed by atoms with Gasteiger partial charge in [-0.25, -0.2) is 8.78 Å². The van der Waals surface area contributed by atoms with E-state index in [4.69, 9.17) is 28.9 Å². The maximum Gasteiger partial charge on any atom is 0.142 e. The Morgan fingerprint density at radius 3 is 2.15 bits per heavy atom. The Balaban J connectivity index is 2.54. The summed E-state index contributed by atoms with van der Waals surface area (Å²) in [6.07, 6.45) is 0. The van der Waals surface area contributed by atoms with Crippen LogP contribution in [0.2, 0.25) is 10.0 Å². The molecule has 5 heteroatoms. The monoisotopic (exact) mass is 315 g/mol. The summed E-state index contributed by atoms with van der Waals surface area (Å²) in [7, 11) is 0. The van der Waals surface area contributed by atoms with Gasteiger partial charge in [0.2, 0.25) is 0 Å². The van der Waals surface area contributed by atoms with Crippen LogP contribution in [0.4, 0.5) is 8.78 Å². The van der Waals surface area contributed by atoms with E-state index in [1.54, 1.807) is 12.1 Å². The molecule has 2 rings (SSSR count). The molecule has 0 aromatic heterocycles. The molecule has 0 saturated carbocycles. The third kappa shape index (κ3) is 2.80. The van der Waals surface area contributed by atoms with Crippen LogP contribution in [0.5, 0.6) is 0 Å². The van der Waals surface area contributed by atoms with Crippen molar-refractivity contribution in [3.8, 4) is 0 Å². The number of halogens is 4. The third-order valence-corrected chi connectivity index (χ3v) is 3.95.